The fourth-order valence-corrected chi connectivity index (χ4v) is 3.03. The number of carbonyl (C=O) groups is 1. The van der Waals surface area contributed by atoms with Gasteiger partial charge < -0.3 is 5.73 Å². The van der Waals surface area contributed by atoms with Crippen LogP contribution in [-0.4, -0.2) is 5.91 Å². The second-order valence-corrected chi connectivity index (χ2v) is 5.09. The van der Waals surface area contributed by atoms with Crippen LogP contribution in [-0.2, 0) is 17.6 Å². The van der Waals surface area contributed by atoms with Crippen LogP contribution in [0.1, 0.15) is 34.6 Å². The van der Waals surface area contributed by atoms with Crippen molar-refractivity contribution in [2.45, 2.75) is 25.2 Å². The fraction of sp³-hybridized carbons (Fsp3) is 0.235. The molecular formula is C17H17NO. The van der Waals surface area contributed by atoms with Crippen molar-refractivity contribution in [2.75, 3.05) is 0 Å². The van der Waals surface area contributed by atoms with Gasteiger partial charge in [-0.2, -0.15) is 0 Å². The summed E-state index contributed by atoms with van der Waals surface area (Å²) in [7, 11) is 0. The Morgan fingerprint density at radius 1 is 0.895 bits per heavy atom. The van der Waals surface area contributed by atoms with Gasteiger partial charge in [-0.25, -0.2) is 0 Å². The molecule has 2 nitrogen and oxygen atoms in total. The molecule has 0 spiro atoms. The quantitative estimate of drug-likeness (QED) is 0.832. The number of aryl methyl sites for hydroxylation is 2. The molecule has 0 bridgehead atoms. The largest absolute Gasteiger partial charge is 0.369 e. The SMILES string of the molecule is NC(=O)C1c2ccccc2CCCc2ccccc21. The molecule has 0 heterocycles. The number of nitrogens with two attached hydrogens (primary N) is 1. The lowest BCUT2D eigenvalue weighted by Gasteiger charge is -2.23. The van der Waals surface area contributed by atoms with Crippen molar-refractivity contribution in [3.8, 4) is 0 Å². The van der Waals surface area contributed by atoms with E-state index in [4.69, 9.17) is 5.73 Å². The maximum atomic E-state index is 12.0. The van der Waals surface area contributed by atoms with E-state index in [1.165, 1.54) is 11.1 Å². The number of primary amides is 1. The Bertz CT molecular complexity index is 571. The summed E-state index contributed by atoms with van der Waals surface area (Å²) in [5.74, 6) is -0.575. The Labute approximate surface area is 113 Å². The number of benzene rings is 2. The number of hydrogen-bond acceptors (Lipinski definition) is 1. The Morgan fingerprint density at radius 3 is 1.84 bits per heavy atom. The molecule has 2 heteroatoms. The zero-order valence-electron chi connectivity index (χ0n) is 10.8. The molecule has 0 unspecified atom stereocenters. The van der Waals surface area contributed by atoms with Crippen molar-refractivity contribution in [3.63, 3.8) is 0 Å². The molecule has 0 aromatic heterocycles. The van der Waals surface area contributed by atoms with Crippen molar-refractivity contribution in [1.29, 1.82) is 0 Å². The van der Waals surface area contributed by atoms with Crippen LogP contribution in [0, 0.1) is 0 Å². The van der Waals surface area contributed by atoms with Crippen LogP contribution >= 0.6 is 0 Å². The third-order valence-corrected chi connectivity index (χ3v) is 3.91. The first kappa shape index (κ1) is 12.0. The second-order valence-electron chi connectivity index (χ2n) is 5.09. The monoisotopic (exact) mass is 251 g/mol. The molecule has 0 atom stereocenters. The van der Waals surface area contributed by atoms with Crippen molar-refractivity contribution in [2.24, 2.45) is 5.73 Å². The molecular weight excluding hydrogens is 234 g/mol. The van der Waals surface area contributed by atoms with Crippen molar-refractivity contribution < 1.29 is 4.79 Å². The van der Waals surface area contributed by atoms with E-state index in [-0.39, 0.29) is 11.8 Å². The predicted molar refractivity (Wildman–Crippen MR) is 75.9 cm³/mol. The van der Waals surface area contributed by atoms with Gasteiger partial charge in [-0.1, -0.05) is 48.5 Å². The van der Waals surface area contributed by atoms with Crippen molar-refractivity contribution in [1.82, 2.24) is 0 Å². The van der Waals surface area contributed by atoms with Gasteiger partial charge in [0, 0.05) is 0 Å². The maximum absolute atomic E-state index is 12.0. The minimum absolute atomic E-state index is 0.262. The van der Waals surface area contributed by atoms with E-state index in [9.17, 15) is 4.79 Å². The Hall–Kier alpha value is -2.09. The van der Waals surface area contributed by atoms with E-state index in [1.807, 2.05) is 36.4 Å². The molecule has 19 heavy (non-hydrogen) atoms. The Morgan fingerprint density at radius 2 is 1.37 bits per heavy atom. The van der Waals surface area contributed by atoms with Crippen LogP contribution in [0.2, 0.25) is 0 Å². The average molecular weight is 251 g/mol. The first-order chi connectivity index (χ1) is 9.27. The highest BCUT2D eigenvalue weighted by atomic mass is 16.1. The third-order valence-electron chi connectivity index (χ3n) is 3.91. The van der Waals surface area contributed by atoms with Crippen LogP contribution in [0.15, 0.2) is 48.5 Å². The van der Waals surface area contributed by atoms with Gasteiger partial charge in [0.2, 0.25) is 5.91 Å². The van der Waals surface area contributed by atoms with E-state index in [0.29, 0.717) is 0 Å². The van der Waals surface area contributed by atoms with Crippen LogP contribution in [0.5, 0.6) is 0 Å². The third kappa shape index (κ3) is 2.14. The molecule has 2 aromatic carbocycles. The van der Waals surface area contributed by atoms with Gasteiger partial charge in [0.15, 0.2) is 0 Å². The fourth-order valence-electron chi connectivity index (χ4n) is 3.03. The van der Waals surface area contributed by atoms with E-state index in [1.54, 1.807) is 0 Å². The number of rotatable bonds is 1. The lowest BCUT2D eigenvalue weighted by atomic mass is 9.80. The minimum atomic E-state index is -0.312. The van der Waals surface area contributed by atoms with Crippen LogP contribution in [0.3, 0.4) is 0 Å². The normalized spacial score (nSPS) is 14.9. The Balaban J connectivity index is 2.22. The molecule has 1 aliphatic rings. The Kier molecular flexibility index (Phi) is 3.08. The highest BCUT2D eigenvalue weighted by Gasteiger charge is 2.26. The number of amides is 1. The van der Waals surface area contributed by atoms with Gasteiger partial charge in [0.1, 0.15) is 0 Å². The van der Waals surface area contributed by atoms with E-state index < -0.39 is 0 Å². The summed E-state index contributed by atoms with van der Waals surface area (Å²) in [4.78, 5) is 12.0. The summed E-state index contributed by atoms with van der Waals surface area (Å²) in [5, 5.41) is 0. The molecule has 0 fully saturated rings. The van der Waals surface area contributed by atoms with E-state index in [0.717, 1.165) is 30.4 Å². The molecule has 1 amide bonds. The highest BCUT2D eigenvalue weighted by molar-refractivity contribution is 5.86. The average Bonchev–Trinajstić information content (AvgIpc) is 2.39. The molecule has 0 radical (unpaired) electrons. The van der Waals surface area contributed by atoms with Crippen LogP contribution < -0.4 is 5.73 Å². The van der Waals surface area contributed by atoms with E-state index >= 15 is 0 Å². The number of carbonyl (C=O) groups excluding carboxylic acids is 1. The molecule has 2 aromatic rings. The first-order valence-electron chi connectivity index (χ1n) is 6.72. The zero-order valence-corrected chi connectivity index (χ0v) is 10.8. The van der Waals surface area contributed by atoms with Crippen LogP contribution in [0.25, 0.3) is 0 Å². The topological polar surface area (TPSA) is 43.1 Å². The first-order valence-corrected chi connectivity index (χ1v) is 6.72. The van der Waals surface area contributed by atoms with Crippen molar-refractivity contribution in [3.05, 3.63) is 70.8 Å². The summed E-state index contributed by atoms with van der Waals surface area (Å²) in [6.07, 6.45) is 3.13. The predicted octanol–water partition coefficient (Wildman–Crippen LogP) is 2.79. The summed E-state index contributed by atoms with van der Waals surface area (Å²) in [5.41, 5.74) is 10.3. The maximum Gasteiger partial charge on any atom is 0.229 e. The van der Waals surface area contributed by atoms with Gasteiger partial charge in [-0.3, -0.25) is 4.79 Å². The van der Waals surface area contributed by atoms with Crippen LogP contribution in [0.4, 0.5) is 0 Å². The lowest BCUT2D eigenvalue weighted by Crippen LogP contribution is -2.25. The van der Waals surface area contributed by atoms with Gasteiger partial charge in [-0.05, 0) is 41.5 Å². The molecule has 2 N–H and O–H groups in total. The molecule has 0 aliphatic heterocycles. The highest BCUT2D eigenvalue weighted by Crippen LogP contribution is 2.33. The smallest absolute Gasteiger partial charge is 0.229 e. The molecule has 1 aliphatic carbocycles. The summed E-state index contributed by atoms with van der Waals surface area (Å²) in [6, 6.07) is 16.3. The summed E-state index contributed by atoms with van der Waals surface area (Å²) in [6.45, 7) is 0. The number of hydrogen-bond donors (Lipinski definition) is 1. The van der Waals surface area contributed by atoms with Gasteiger partial charge in [0.25, 0.3) is 0 Å². The van der Waals surface area contributed by atoms with Gasteiger partial charge >= 0.3 is 0 Å². The van der Waals surface area contributed by atoms with E-state index in [2.05, 4.69) is 12.1 Å². The van der Waals surface area contributed by atoms with Gasteiger partial charge in [-0.15, -0.1) is 0 Å². The van der Waals surface area contributed by atoms with Gasteiger partial charge in [0.05, 0.1) is 5.92 Å². The van der Waals surface area contributed by atoms with Crippen molar-refractivity contribution >= 4 is 5.91 Å². The molecule has 0 saturated carbocycles. The summed E-state index contributed by atoms with van der Waals surface area (Å²) >= 11 is 0. The molecule has 96 valence electrons. The summed E-state index contributed by atoms with van der Waals surface area (Å²) < 4.78 is 0. The standard InChI is InChI=1S/C17H17NO/c18-17(19)16-14-10-3-1-6-12(14)8-5-9-13-7-2-4-11-15(13)16/h1-4,6-7,10-11,16H,5,8-9H2,(H2,18,19). The zero-order chi connectivity index (χ0) is 13.2. The molecule has 0 saturated heterocycles. The lowest BCUT2D eigenvalue weighted by molar-refractivity contribution is -0.118. The molecule has 3 rings (SSSR count). The second kappa shape index (κ2) is 4.88. The number of fused-ring (bicyclic) bond motifs is 2. The minimum Gasteiger partial charge on any atom is -0.369 e.